The van der Waals surface area contributed by atoms with Gasteiger partial charge in [0, 0.05) is 43.1 Å². The lowest BCUT2D eigenvalue weighted by Gasteiger charge is -2.31. The molecule has 2 aliphatic rings. The Labute approximate surface area is 225 Å². The Kier molecular flexibility index (Phi) is 7.51. The molecule has 2 aliphatic carbocycles. The minimum absolute atomic E-state index is 0.106. The molecule has 0 spiro atoms. The van der Waals surface area contributed by atoms with Gasteiger partial charge in [-0.2, -0.15) is 0 Å². The van der Waals surface area contributed by atoms with Crippen molar-refractivity contribution < 1.29 is 9.59 Å². The first-order chi connectivity index (χ1) is 18.4. The molecule has 0 saturated heterocycles. The molecule has 0 aromatic carbocycles. The number of carbonyl (C=O) groups excluding carboxylic acids is 2. The van der Waals surface area contributed by atoms with Crippen molar-refractivity contribution in [3.63, 3.8) is 0 Å². The summed E-state index contributed by atoms with van der Waals surface area (Å²) in [5.74, 6) is 2.78. The molecule has 0 aliphatic heterocycles. The molecule has 0 atom stereocenters. The van der Waals surface area contributed by atoms with Crippen LogP contribution in [0, 0.1) is 12.3 Å². The molecule has 12 heteroatoms. The number of nitrogens with one attached hydrogen (secondary N) is 4. The van der Waals surface area contributed by atoms with Gasteiger partial charge in [0.15, 0.2) is 11.3 Å². The maximum atomic E-state index is 13.1. The van der Waals surface area contributed by atoms with Crippen LogP contribution in [0.25, 0.3) is 5.65 Å². The van der Waals surface area contributed by atoms with Crippen LogP contribution in [0.3, 0.4) is 0 Å². The highest BCUT2D eigenvalue weighted by molar-refractivity contribution is 6.29. The quantitative estimate of drug-likeness (QED) is 0.256. The Morgan fingerprint density at radius 1 is 1.11 bits per heavy atom. The maximum absolute atomic E-state index is 13.1. The zero-order chi connectivity index (χ0) is 26.6. The van der Waals surface area contributed by atoms with Crippen LogP contribution in [0.1, 0.15) is 49.0 Å². The van der Waals surface area contributed by atoms with E-state index in [4.69, 9.17) is 23.1 Å². The van der Waals surface area contributed by atoms with Gasteiger partial charge < -0.3 is 26.2 Å². The van der Waals surface area contributed by atoms with E-state index in [2.05, 4.69) is 37.2 Å². The predicted molar refractivity (Wildman–Crippen MR) is 146 cm³/mol. The molecular weight excluding hydrogens is 506 g/mol. The summed E-state index contributed by atoms with van der Waals surface area (Å²) in [5, 5.41) is 17.9. The lowest BCUT2D eigenvalue weighted by atomic mass is 9.91. The Morgan fingerprint density at radius 2 is 1.82 bits per heavy atom. The van der Waals surface area contributed by atoms with Gasteiger partial charge >= 0.3 is 6.03 Å². The normalized spacial score (nSPS) is 18.9. The van der Waals surface area contributed by atoms with E-state index in [9.17, 15) is 9.59 Å². The number of carbonyl (C=O) groups is 2. The molecule has 3 heterocycles. The molecule has 3 aromatic heterocycles. The summed E-state index contributed by atoms with van der Waals surface area (Å²) >= 11 is 5.96. The van der Waals surface area contributed by atoms with Gasteiger partial charge in [0.2, 0.25) is 0 Å². The highest BCUT2D eigenvalue weighted by Gasteiger charge is 2.26. The van der Waals surface area contributed by atoms with Gasteiger partial charge in [-0.25, -0.2) is 19.3 Å². The fourth-order valence-electron chi connectivity index (χ4n) is 4.51. The monoisotopic (exact) mass is 535 g/mol. The smallest absolute Gasteiger partial charge is 0.318 e. The van der Waals surface area contributed by atoms with E-state index in [1.165, 1.54) is 17.3 Å². The van der Waals surface area contributed by atoms with E-state index in [-0.39, 0.29) is 35.7 Å². The molecular formula is C26H30ClN9O2. The first-order valence-corrected chi connectivity index (χ1v) is 13.1. The standard InChI is InChI=1S/C26H30ClN9O2/c1-3-12-35(2)26(38)33-18-8-6-17(7-9-18)31-23-14-20(30-16-4-5-16)24-29-15-21(36(24)34-23)25(37)32-19-10-11-28-22(27)13-19/h1,10-11,13-18,30H,4-9,12H2,2H3,(H,31,34)(H,33,38)(H,28,32,37)/t17-,18-. The number of hydrogen-bond acceptors (Lipinski definition) is 7. The van der Waals surface area contributed by atoms with Gasteiger partial charge in [0.05, 0.1) is 18.4 Å². The molecule has 0 unspecified atom stereocenters. The Balaban J connectivity index is 1.30. The SMILES string of the molecule is C#CCN(C)C(=O)N[C@H]1CC[C@H](Nc2cc(NC3CC3)c3ncc(C(=O)Nc4ccnc(Cl)c4)n3n2)CC1. The second-order valence-electron chi connectivity index (χ2n) is 9.76. The predicted octanol–water partition coefficient (Wildman–Crippen LogP) is 3.60. The van der Waals surface area contributed by atoms with Crippen LogP contribution in [-0.2, 0) is 0 Å². The summed E-state index contributed by atoms with van der Waals surface area (Å²) in [5.41, 5.74) is 2.25. The van der Waals surface area contributed by atoms with Gasteiger partial charge in [0.1, 0.15) is 11.0 Å². The van der Waals surface area contributed by atoms with E-state index in [0.717, 1.165) is 44.2 Å². The molecule has 2 saturated carbocycles. The fraction of sp³-hybridized carbons (Fsp3) is 0.423. The molecule has 3 amide bonds. The average Bonchev–Trinajstić information content (AvgIpc) is 3.60. The first kappa shape index (κ1) is 25.6. The molecule has 0 bridgehead atoms. The lowest BCUT2D eigenvalue weighted by molar-refractivity contribution is 0.102. The zero-order valence-corrected chi connectivity index (χ0v) is 21.8. The first-order valence-electron chi connectivity index (χ1n) is 12.7. The average molecular weight is 536 g/mol. The van der Waals surface area contributed by atoms with Gasteiger partial charge in [-0.3, -0.25) is 4.79 Å². The zero-order valence-electron chi connectivity index (χ0n) is 21.1. The minimum Gasteiger partial charge on any atom is -0.379 e. The molecule has 11 nitrogen and oxygen atoms in total. The van der Waals surface area contributed by atoms with Crippen molar-refractivity contribution in [1.82, 2.24) is 29.8 Å². The minimum atomic E-state index is -0.354. The van der Waals surface area contributed by atoms with Crippen molar-refractivity contribution in [3.05, 3.63) is 41.4 Å². The molecule has 198 valence electrons. The molecule has 5 rings (SSSR count). The van der Waals surface area contributed by atoms with E-state index in [1.54, 1.807) is 23.7 Å². The van der Waals surface area contributed by atoms with Crippen LogP contribution >= 0.6 is 11.6 Å². The number of aromatic nitrogens is 4. The molecule has 0 radical (unpaired) electrons. The number of rotatable bonds is 8. The highest BCUT2D eigenvalue weighted by Crippen LogP contribution is 2.30. The number of terminal acetylenes is 1. The topological polar surface area (TPSA) is 129 Å². The number of fused-ring (bicyclic) bond motifs is 1. The Hall–Kier alpha value is -4.04. The third kappa shape index (κ3) is 6.08. The van der Waals surface area contributed by atoms with E-state index in [1.807, 2.05) is 6.07 Å². The summed E-state index contributed by atoms with van der Waals surface area (Å²) in [6, 6.07) is 5.73. The van der Waals surface area contributed by atoms with Crippen molar-refractivity contribution in [2.75, 3.05) is 29.5 Å². The number of nitrogens with zero attached hydrogens (tertiary/aromatic N) is 5. The third-order valence-corrected chi connectivity index (χ3v) is 6.91. The molecule has 4 N–H and O–H groups in total. The number of imidazole rings is 1. The Bertz CT molecular complexity index is 1370. The van der Waals surface area contributed by atoms with Crippen LogP contribution in [0.4, 0.5) is 22.0 Å². The van der Waals surface area contributed by atoms with Crippen molar-refractivity contribution in [1.29, 1.82) is 0 Å². The summed E-state index contributed by atoms with van der Waals surface area (Å²) < 4.78 is 1.57. The largest absolute Gasteiger partial charge is 0.379 e. The number of anilines is 3. The number of amides is 3. The lowest BCUT2D eigenvalue weighted by Crippen LogP contribution is -2.45. The van der Waals surface area contributed by atoms with E-state index in [0.29, 0.717) is 28.9 Å². The van der Waals surface area contributed by atoms with Crippen molar-refractivity contribution >= 4 is 46.4 Å². The maximum Gasteiger partial charge on any atom is 0.318 e. The van der Waals surface area contributed by atoms with E-state index >= 15 is 0 Å². The van der Waals surface area contributed by atoms with Crippen LogP contribution in [-0.4, -0.2) is 68.1 Å². The fourth-order valence-corrected chi connectivity index (χ4v) is 4.68. The van der Waals surface area contributed by atoms with Crippen molar-refractivity contribution in [2.45, 2.75) is 56.7 Å². The van der Waals surface area contributed by atoms with Crippen LogP contribution in [0.5, 0.6) is 0 Å². The second-order valence-corrected chi connectivity index (χ2v) is 10.2. The van der Waals surface area contributed by atoms with E-state index < -0.39 is 0 Å². The number of urea groups is 1. The number of hydrogen-bond donors (Lipinski definition) is 4. The summed E-state index contributed by atoms with van der Waals surface area (Å²) in [6.45, 7) is 0.276. The summed E-state index contributed by atoms with van der Waals surface area (Å²) in [7, 11) is 1.69. The van der Waals surface area contributed by atoms with Gasteiger partial charge in [-0.05, 0) is 50.7 Å². The molecule has 38 heavy (non-hydrogen) atoms. The number of halogens is 1. The molecule has 2 fully saturated rings. The third-order valence-electron chi connectivity index (χ3n) is 6.70. The van der Waals surface area contributed by atoms with Gasteiger partial charge in [0.25, 0.3) is 5.91 Å². The molecule has 3 aromatic rings. The highest BCUT2D eigenvalue weighted by atomic mass is 35.5. The summed E-state index contributed by atoms with van der Waals surface area (Å²) in [4.78, 5) is 35.3. The van der Waals surface area contributed by atoms with Crippen LogP contribution < -0.4 is 21.3 Å². The number of pyridine rings is 1. The van der Waals surface area contributed by atoms with Gasteiger partial charge in [-0.15, -0.1) is 11.5 Å². The van der Waals surface area contributed by atoms with Crippen LogP contribution in [0.15, 0.2) is 30.6 Å². The van der Waals surface area contributed by atoms with Crippen molar-refractivity contribution in [3.8, 4) is 12.3 Å². The van der Waals surface area contributed by atoms with Crippen molar-refractivity contribution in [2.24, 2.45) is 0 Å². The van der Waals surface area contributed by atoms with Crippen LogP contribution in [0.2, 0.25) is 5.15 Å². The second kappa shape index (κ2) is 11.1. The Morgan fingerprint density at radius 3 is 2.53 bits per heavy atom. The van der Waals surface area contributed by atoms with Gasteiger partial charge in [-0.1, -0.05) is 17.5 Å². The summed E-state index contributed by atoms with van der Waals surface area (Å²) in [6.07, 6.45) is 14.0.